The Morgan fingerprint density at radius 3 is 2.50 bits per heavy atom. The van der Waals surface area contributed by atoms with E-state index in [0.29, 0.717) is 47.6 Å². The number of carbonyl (C=O) groups is 2. The van der Waals surface area contributed by atoms with Gasteiger partial charge in [0.05, 0.1) is 17.4 Å². The molecule has 0 unspecified atom stereocenters. The molecule has 0 spiro atoms. The van der Waals surface area contributed by atoms with Crippen LogP contribution < -0.4 is 20.5 Å². The summed E-state index contributed by atoms with van der Waals surface area (Å²) in [5.41, 5.74) is 3.26. The molecule has 0 saturated carbocycles. The van der Waals surface area contributed by atoms with Gasteiger partial charge in [0, 0.05) is 56.2 Å². The lowest BCUT2D eigenvalue weighted by Gasteiger charge is -2.40. The second-order valence-electron chi connectivity index (χ2n) is 10.9. The molecule has 1 aliphatic heterocycles. The minimum atomic E-state index is -2.98. The summed E-state index contributed by atoms with van der Waals surface area (Å²) in [6.45, 7) is 3.77. The van der Waals surface area contributed by atoms with Gasteiger partial charge >= 0.3 is 12.7 Å². The number of fused-ring (bicyclic) bond motifs is 1. The van der Waals surface area contributed by atoms with Crippen LogP contribution in [-0.4, -0.2) is 79.7 Å². The summed E-state index contributed by atoms with van der Waals surface area (Å²) in [7, 11) is 1.63. The van der Waals surface area contributed by atoms with Gasteiger partial charge in [-0.25, -0.2) is 14.8 Å². The van der Waals surface area contributed by atoms with E-state index < -0.39 is 18.7 Å². The Balaban J connectivity index is 1.37. The zero-order valence-corrected chi connectivity index (χ0v) is 24.7. The highest BCUT2D eigenvalue weighted by molar-refractivity contribution is 5.86. The molecule has 2 N–H and O–H groups in total. The third-order valence-electron chi connectivity index (χ3n) is 7.79. The molecule has 0 aliphatic carbocycles. The first kappa shape index (κ1) is 30.4. The van der Waals surface area contributed by atoms with E-state index in [1.54, 1.807) is 47.2 Å². The van der Waals surface area contributed by atoms with Gasteiger partial charge in [0.2, 0.25) is 11.9 Å². The van der Waals surface area contributed by atoms with Gasteiger partial charge in [-0.05, 0) is 44.5 Å². The van der Waals surface area contributed by atoms with E-state index in [9.17, 15) is 23.2 Å². The van der Waals surface area contributed by atoms with Crippen LogP contribution in [0.3, 0.4) is 0 Å². The molecule has 3 heterocycles. The molecule has 2 atom stereocenters. The Bertz CT molecular complexity index is 1760. The summed E-state index contributed by atoms with van der Waals surface area (Å²) in [6.07, 6.45) is 2.12. The van der Waals surface area contributed by atoms with Gasteiger partial charge in [-0.1, -0.05) is 23.8 Å². The fraction of sp³-hybridized carbons (Fsp3) is 0.367. The molecule has 1 saturated heterocycles. The maximum atomic E-state index is 13.1. The first-order valence-corrected chi connectivity index (χ1v) is 14.0. The third-order valence-corrected chi connectivity index (χ3v) is 7.79. The minimum absolute atomic E-state index is 0.0472. The largest absolute Gasteiger partial charge is 0.465 e. The zero-order valence-electron chi connectivity index (χ0n) is 24.7. The number of nitrogens with zero attached hydrogens (tertiary/aromatic N) is 6. The summed E-state index contributed by atoms with van der Waals surface area (Å²) in [6, 6.07) is 9.30. The van der Waals surface area contributed by atoms with E-state index in [4.69, 9.17) is 9.84 Å². The van der Waals surface area contributed by atoms with Crippen molar-refractivity contribution in [2.45, 2.75) is 46.0 Å². The van der Waals surface area contributed by atoms with E-state index in [-0.39, 0.29) is 29.8 Å². The molecule has 232 valence electrons. The molecule has 5 rings (SSSR count). The Kier molecular flexibility index (Phi) is 8.52. The number of hydrogen-bond acceptors (Lipinski definition) is 7. The molecule has 0 radical (unpaired) electrons. The van der Waals surface area contributed by atoms with Crippen LogP contribution in [-0.2, 0) is 18.4 Å². The van der Waals surface area contributed by atoms with E-state index >= 15 is 0 Å². The fourth-order valence-electron chi connectivity index (χ4n) is 5.54. The van der Waals surface area contributed by atoms with Crippen molar-refractivity contribution in [1.82, 2.24) is 29.5 Å². The number of piperazine rings is 1. The second-order valence-corrected chi connectivity index (χ2v) is 10.9. The van der Waals surface area contributed by atoms with Crippen LogP contribution in [0.5, 0.6) is 5.75 Å². The number of aryl methyl sites for hydroxylation is 1. The average molecular weight is 610 g/mol. The predicted octanol–water partition coefficient (Wildman–Crippen LogP) is 3.45. The molecule has 0 bridgehead atoms. The Morgan fingerprint density at radius 2 is 1.84 bits per heavy atom. The number of carbonyl (C=O) groups excluding carboxylic acids is 1. The number of nitrogens with one attached hydrogen (secondary N) is 1. The SMILES string of the molecule is Cc1ccc(OC(F)F)c(Cn2c3cc(-c4cnc(N5CCN(C(=O)[C@H](C)NC(=O)O)[C@H](C)C5)nc4)ccc3c(=O)n2C)c1. The fourth-order valence-corrected chi connectivity index (χ4v) is 5.54. The number of aromatic nitrogens is 4. The molecule has 2 aromatic heterocycles. The third kappa shape index (κ3) is 6.19. The molecule has 1 aliphatic rings. The van der Waals surface area contributed by atoms with Crippen molar-refractivity contribution in [2.75, 3.05) is 24.5 Å². The van der Waals surface area contributed by atoms with Crippen molar-refractivity contribution in [2.24, 2.45) is 7.05 Å². The summed E-state index contributed by atoms with van der Waals surface area (Å²) in [5.74, 6) is 0.255. The van der Waals surface area contributed by atoms with Crippen LogP contribution in [0.15, 0.2) is 53.6 Å². The normalized spacial score (nSPS) is 15.9. The van der Waals surface area contributed by atoms with Crippen LogP contribution in [0.1, 0.15) is 25.0 Å². The molecule has 4 aromatic rings. The Morgan fingerprint density at radius 1 is 1.11 bits per heavy atom. The lowest BCUT2D eigenvalue weighted by Crippen LogP contribution is -2.58. The number of amides is 2. The molecule has 14 heteroatoms. The smallest absolute Gasteiger partial charge is 0.405 e. The number of benzene rings is 2. The van der Waals surface area contributed by atoms with E-state index in [2.05, 4.69) is 15.3 Å². The van der Waals surface area contributed by atoms with Gasteiger partial charge in [0.1, 0.15) is 11.8 Å². The van der Waals surface area contributed by atoms with Gasteiger partial charge in [-0.15, -0.1) is 0 Å². The van der Waals surface area contributed by atoms with Crippen LogP contribution in [0.4, 0.5) is 19.5 Å². The standard InChI is InChI=1S/C30H33F2N7O5/c1-17-5-8-25(44-28(31)32)21(11-17)16-39-24-12-20(6-7-23(24)27(41)36(39)4)22-13-33-29(34-14-22)37-9-10-38(18(2)15-37)26(40)19(3)35-30(42)43/h5-8,11-14,18-19,28,35H,9-10,15-16H2,1-4H3,(H,42,43)/t18-,19+/m1/s1. The number of ether oxygens (including phenoxy) is 1. The quantitative estimate of drug-likeness (QED) is 0.310. The molecule has 12 nitrogen and oxygen atoms in total. The monoisotopic (exact) mass is 609 g/mol. The number of hydrogen-bond donors (Lipinski definition) is 2. The summed E-state index contributed by atoms with van der Waals surface area (Å²) >= 11 is 0. The van der Waals surface area contributed by atoms with Crippen LogP contribution in [0, 0.1) is 6.92 Å². The second kappa shape index (κ2) is 12.3. The molecular formula is C30H33F2N7O5. The van der Waals surface area contributed by atoms with E-state index in [1.807, 2.05) is 30.9 Å². The minimum Gasteiger partial charge on any atom is -0.465 e. The van der Waals surface area contributed by atoms with Crippen molar-refractivity contribution in [1.29, 1.82) is 0 Å². The Labute approximate surface area is 251 Å². The topological polar surface area (TPSA) is 135 Å². The van der Waals surface area contributed by atoms with Crippen LogP contribution in [0.2, 0.25) is 0 Å². The lowest BCUT2D eigenvalue weighted by atomic mass is 10.1. The Hall–Kier alpha value is -5.01. The maximum absolute atomic E-state index is 13.1. The maximum Gasteiger partial charge on any atom is 0.405 e. The highest BCUT2D eigenvalue weighted by Gasteiger charge is 2.31. The average Bonchev–Trinajstić information content (AvgIpc) is 3.21. The number of rotatable bonds is 8. The van der Waals surface area contributed by atoms with E-state index in [0.717, 1.165) is 11.1 Å². The van der Waals surface area contributed by atoms with E-state index in [1.165, 1.54) is 17.7 Å². The van der Waals surface area contributed by atoms with Crippen molar-refractivity contribution < 1.29 is 28.2 Å². The van der Waals surface area contributed by atoms with Gasteiger partial charge in [0.25, 0.3) is 5.56 Å². The predicted molar refractivity (Wildman–Crippen MR) is 159 cm³/mol. The van der Waals surface area contributed by atoms with Gasteiger partial charge in [-0.2, -0.15) is 8.78 Å². The molecular weight excluding hydrogens is 576 g/mol. The van der Waals surface area contributed by atoms with Crippen LogP contribution >= 0.6 is 0 Å². The molecule has 1 fully saturated rings. The van der Waals surface area contributed by atoms with Gasteiger partial charge in [0.15, 0.2) is 0 Å². The van der Waals surface area contributed by atoms with Crippen LogP contribution in [0.25, 0.3) is 22.0 Å². The molecule has 2 amide bonds. The number of carboxylic acid groups (broad SMARTS) is 1. The molecule has 44 heavy (non-hydrogen) atoms. The lowest BCUT2D eigenvalue weighted by molar-refractivity contribution is -0.135. The van der Waals surface area contributed by atoms with Crippen molar-refractivity contribution in [3.05, 3.63) is 70.3 Å². The number of anilines is 1. The van der Waals surface area contributed by atoms with Gasteiger partial charge in [-0.3, -0.25) is 19.0 Å². The first-order valence-electron chi connectivity index (χ1n) is 14.0. The summed E-state index contributed by atoms with van der Waals surface area (Å²) < 4.78 is 34.0. The van der Waals surface area contributed by atoms with Crippen molar-refractivity contribution in [3.8, 4) is 16.9 Å². The summed E-state index contributed by atoms with van der Waals surface area (Å²) in [5, 5.41) is 11.6. The molecule has 2 aromatic carbocycles. The van der Waals surface area contributed by atoms with Crippen molar-refractivity contribution >= 4 is 28.9 Å². The summed E-state index contributed by atoms with van der Waals surface area (Å²) in [4.78, 5) is 49.4. The van der Waals surface area contributed by atoms with Gasteiger partial charge < -0.3 is 25.0 Å². The number of halogens is 2. The highest BCUT2D eigenvalue weighted by Crippen LogP contribution is 2.27. The zero-order chi connectivity index (χ0) is 31.7. The highest BCUT2D eigenvalue weighted by atomic mass is 19.3. The number of alkyl halides is 2. The first-order chi connectivity index (χ1) is 20.9. The van der Waals surface area contributed by atoms with Crippen molar-refractivity contribution in [3.63, 3.8) is 0 Å².